The number of nitrogens with one attached hydrogen (secondary N) is 1. The fraction of sp³-hybridized carbons (Fsp3) is 0.375. The molecule has 0 unspecified atom stereocenters. The minimum atomic E-state index is -0.783. The summed E-state index contributed by atoms with van der Waals surface area (Å²) in [6.07, 6.45) is 1.09. The number of benzene rings is 3. The first-order valence-corrected chi connectivity index (χ1v) is 14.1. The SMILES string of the molecule is CC[C@H](C)NC(=O)[C@@H](Cc1ccccc1)N(Cc1ccc(F)cc1)C(=O)COc1ccc(C(C)(C)C)cc1Br. The highest BCUT2D eigenvalue weighted by atomic mass is 79.9. The van der Waals surface area contributed by atoms with E-state index in [9.17, 15) is 14.0 Å². The average molecular weight is 598 g/mol. The Morgan fingerprint density at radius 2 is 1.67 bits per heavy atom. The van der Waals surface area contributed by atoms with Crippen LogP contribution in [-0.4, -0.2) is 35.4 Å². The van der Waals surface area contributed by atoms with Crippen LogP contribution in [0.1, 0.15) is 57.7 Å². The first-order valence-electron chi connectivity index (χ1n) is 13.3. The molecule has 2 atom stereocenters. The molecule has 0 fully saturated rings. The van der Waals surface area contributed by atoms with Crippen molar-refractivity contribution in [2.45, 2.75) is 71.5 Å². The van der Waals surface area contributed by atoms with Gasteiger partial charge < -0.3 is 15.0 Å². The van der Waals surface area contributed by atoms with Crippen molar-refractivity contribution in [3.05, 3.63) is 99.8 Å². The van der Waals surface area contributed by atoms with Gasteiger partial charge in [-0.25, -0.2) is 4.39 Å². The lowest BCUT2D eigenvalue weighted by molar-refractivity contribution is -0.143. The van der Waals surface area contributed by atoms with E-state index in [2.05, 4.69) is 42.0 Å². The maximum Gasteiger partial charge on any atom is 0.261 e. The number of ether oxygens (including phenoxy) is 1. The van der Waals surface area contributed by atoms with Gasteiger partial charge in [0.15, 0.2) is 6.61 Å². The highest BCUT2D eigenvalue weighted by molar-refractivity contribution is 9.10. The van der Waals surface area contributed by atoms with Crippen molar-refractivity contribution in [2.24, 2.45) is 0 Å². The number of carbonyl (C=O) groups excluding carboxylic acids is 2. The molecule has 3 aromatic carbocycles. The zero-order valence-corrected chi connectivity index (χ0v) is 24.9. The molecule has 0 saturated heterocycles. The normalized spacial score (nSPS) is 12.9. The summed E-state index contributed by atoms with van der Waals surface area (Å²) in [6.45, 7) is 10.2. The van der Waals surface area contributed by atoms with E-state index in [-0.39, 0.29) is 42.2 Å². The molecule has 0 aliphatic heterocycles. The Kier molecular flexibility index (Phi) is 10.7. The zero-order valence-electron chi connectivity index (χ0n) is 23.3. The van der Waals surface area contributed by atoms with E-state index >= 15 is 0 Å². The number of halogens is 2. The van der Waals surface area contributed by atoms with Crippen LogP contribution in [0.4, 0.5) is 4.39 Å². The molecular formula is C32H38BrFN2O3. The van der Waals surface area contributed by atoms with Crippen LogP contribution in [0.5, 0.6) is 5.75 Å². The fourth-order valence-electron chi connectivity index (χ4n) is 4.09. The lowest BCUT2D eigenvalue weighted by Gasteiger charge is -2.32. The van der Waals surface area contributed by atoms with Crippen LogP contribution in [0.15, 0.2) is 77.3 Å². The predicted molar refractivity (Wildman–Crippen MR) is 157 cm³/mol. The summed E-state index contributed by atoms with van der Waals surface area (Å²) < 4.78 is 20.3. The standard InChI is InChI=1S/C32H38BrFN2O3/c1-6-22(2)35-31(38)28(18-23-10-8-7-9-11-23)36(20-24-12-15-26(34)16-13-24)30(37)21-39-29-17-14-25(19-27(29)33)32(3,4)5/h7-17,19,22,28H,6,18,20-21H2,1-5H3,(H,35,38)/t22-,28+/m0/s1. The Morgan fingerprint density at radius 3 is 2.26 bits per heavy atom. The van der Waals surface area contributed by atoms with E-state index in [4.69, 9.17) is 4.74 Å². The molecule has 1 N–H and O–H groups in total. The van der Waals surface area contributed by atoms with Gasteiger partial charge >= 0.3 is 0 Å². The third kappa shape index (κ3) is 8.92. The Labute approximate surface area is 239 Å². The molecule has 0 radical (unpaired) electrons. The van der Waals surface area contributed by atoms with Crippen LogP contribution < -0.4 is 10.1 Å². The smallest absolute Gasteiger partial charge is 0.261 e. The maximum atomic E-state index is 13.7. The van der Waals surface area contributed by atoms with E-state index < -0.39 is 6.04 Å². The van der Waals surface area contributed by atoms with Crippen LogP contribution in [0.3, 0.4) is 0 Å². The summed E-state index contributed by atoms with van der Waals surface area (Å²) in [6, 6.07) is 20.6. The minimum absolute atomic E-state index is 0.0313. The van der Waals surface area contributed by atoms with Gasteiger partial charge in [-0.15, -0.1) is 0 Å². The zero-order chi connectivity index (χ0) is 28.6. The minimum Gasteiger partial charge on any atom is -0.483 e. The molecule has 0 aliphatic rings. The first kappa shape index (κ1) is 30.4. The quantitative estimate of drug-likeness (QED) is 0.264. The fourth-order valence-corrected chi connectivity index (χ4v) is 4.58. The molecule has 5 nitrogen and oxygen atoms in total. The monoisotopic (exact) mass is 596 g/mol. The highest BCUT2D eigenvalue weighted by Crippen LogP contribution is 2.31. The third-order valence-corrected chi connectivity index (χ3v) is 7.31. The lowest BCUT2D eigenvalue weighted by atomic mass is 9.87. The molecule has 0 aromatic heterocycles. The molecular weight excluding hydrogens is 559 g/mol. The summed E-state index contributed by atoms with van der Waals surface area (Å²) in [4.78, 5) is 28.8. The Bertz CT molecular complexity index is 1240. The molecule has 0 bridgehead atoms. The molecule has 208 valence electrons. The van der Waals surface area contributed by atoms with Crippen molar-refractivity contribution in [1.82, 2.24) is 10.2 Å². The van der Waals surface area contributed by atoms with Gasteiger partial charge in [0.2, 0.25) is 5.91 Å². The Hall–Kier alpha value is -3.19. The van der Waals surface area contributed by atoms with Crippen molar-refractivity contribution in [1.29, 1.82) is 0 Å². The van der Waals surface area contributed by atoms with E-state index in [1.165, 1.54) is 17.0 Å². The van der Waals surface area contributed by atoms with Gasteiger partial charge in [-0.3, -0.25) is 9.59 Å². The summed E-state index contributed by atoms with van der Waals surface area (Å²) in [5.41, 5.74) is 2.75. The van der Waals surface area contributed by atoms with Gasteiger partial charge in [0.1, 0.15) is 17.6 Å². The maximum absolute atomic E-state index is 13.7. The summed E-state index contributed by atoms with van der Waals surface area (Å²) >= 11 is 3.57. The molecule has 39 heavy (non-hydrogen) atoms. The second-order valence-electron chi connectivity index (χ2n) is 10.9. The van der Waals surface area contributed by atoms with Gasteiger partial charge in [0.25, 0.3) is 5.91 Å². The van der Waals surface area contributed by atoms with Crippen LogP contribution >= 0.6 is 15.9 Å². The summed E-state index contributed by atoms with van der Waals surface area (Å²) in [5, 5.41) is 3.04. The van der Waals surface area contributed by atoms with Gasteiger partial charge in [-0.2, -0.15) is 0 Å². The van der Waals surface area contributed by atoms with Crippen LogP contribution in [-0.2, 0) is 28.0 Å². The topological polar surface area (TPSA) is 58.6 Å². The highest BCUT2D eigenvalue weighted by Gasteiger charge is 2.31. The van der Waals surface area contributed by atoms with E-state index in [0.717, 1.165) is 27.6 Å². The number of hydrogen-bond acceptors (Lipinski definition) is 3. The van der Waals surface area contributed by atoms with Gasteiger partial charge in [-0.05, 0) is 75.6 Å². The Balaban J connectivity index is 1.91. The molecule has 0 spiro atoms. The second kappa shape index (κ2) is 13.7. The number of hydrogen-bond donors (Lipinski definition) is 1. The molecule has 2 amide bonds. The van der Waals surface area contributed by atoms with Crippen molar-refractivity contribution in [3.8, 4) is 5.75 Å². The molecule has 3 aromatic rings. The van der Waals surface area contributed by atoms with E-state index in [0.29, 0.717) is 12.2 Å². The molecule has 7 heteroatoms. The summed E-state index contributed by atoms with van der Waals surface area (Å²) in [5.74, 6) is -0.397. The van der Waals surface area contributed by atoms with Crippen molar-refractivity contribution >= 4 is 27.7 Å². The first-order chi connectivity index (χ1) is 18.5. The van der Waals surface area contributed by atoms with Gasteiger partial charge in [-0.1, -0.05) is 76.2 Å². The van der Waals surface area contributed by atoms with Crippen molar-refractivity contribution in [3.63, 3.8) is 0 Å². The van der Waals surface area contributed by atoms with E-state index in [1.54, 1.807) is 12.1 Å². The molecule has 0 heterocycles. The van der Waals surface area contributed by atoms with Crippen LogP contribution in [0.2, 0.25) is 0 Å². The third-order valence-electron chi connectivity index (χ3n) is 6.69. The lowest BCUT2D eigenvalue weighted by Crippen LogP contribution is -2.53. The number of amides is 2. The average Bonchev–Trinajstić information content (AvgIpc) is 2.90. The number of nitrogens with zero attached hydrogens (tertiary/aromatic N) is 1. The van der Waals surface area contributed by atoms with Gasteiger partial charge in [0.05, 0.1) is 4.47 Å². The molecule has 0 saturated carbocycles. The second-order valence-corrected chi connectivity index (χ2v) is 11.7. The Morgan fingerprint density at radius 1 is 1.00 bits per heavy atom. The molecule has 3 rings (SSSR count). The number of rotatable bonds is 11. The van der Waals surface area contributed by atoms with Crippen LogP contribution in [0.25, 0.3) is 0 Å². The largest absolute Gasteiger partial charge is 0.483 e. The van der Waals surface area contributed by atoms with Gasteiger partial charge in [0, 0.05) is 19.0 Å². The molecule has 0 aliphatic carbocycles. The van der Waals surface area contributed by atoms with Crippen molar-refractivity contribution < 1.29 is 18.7 Å². The summed E-state index contributed by atoms with van der Waals surface area (Å²) in [7, 11) is 0. The van der Waals surface area contributed by atoms with Crippen LogP contribution in [0, 0.1) is 5.82 Å². The number of carbonyl (C=O) groups is 2. The predicted octanol–water partition coefficient (Wildman–Crippen LogP) is 6.82. The van der Waals surface area contributed by atoms with Crippen molar-refractivity contribution in [2.75, 3.05) is 6.61 Å². The van der Waals surface area contributed by atoms with E-state index in [1.807, 2.05) is 62.4 Å².